The lowest BCUT2D eigenvalue weighted by Gasteiger charge is -2.05. The van der Waals surface area contributed by atoms with Gasteiger partial charge in [-0.2, -0.15) is 4.68 Å². The molecule has 0 aliphatic heterocycles. The third kappa shape index (κ3) is 5.07. The van der Waals surface area contributed by atoms with Gasteiger partial charge in [-0.1, -0.05) is 25.5 Å². The summed E-state index contributed by atoms with van der Waals surface area (Å²) in [6, 6.07) is 7.08. The first kappa shape index (κ1) is 21.2. The van der Waals surface area contributed by atoms with Crippen molar-refractivity contribution in [1.29, 1.82) is 0 Å². The number of nitrogens with zero attached hydrogens (tertiary/aromatic N) is 2. The number of furan rings is 1. The van der Waals surface area contributed by atoms with Crippen molar-refractivity contribution in [3.8, 4) is 17.4 Å². The smallest absolute Gasteiger partial charge is 0.437 e. The molecule has 2 aromatic heterocycles. The van der Waals surface area contributed by atoms with Crippen LogP contribution in [0.5, 0.6) is 5.75 Å². The van der Waals surface area contributed by atoms with Crippen LogP contribution in [0.15, 0.2) is 37.9 Å². The number of hydrogen-bond acceptors (Lipinski definition) is 8. The van der Waals surface area contributed by atoms with Crippen molar-refractivity contribution in [3.63, 3.8) is 0 Å². The molecule has 0 aliphatic rings. The van der Waals surface area contributed by atoms with Crippen molar-refractivity contribution in [2.24, 2.45) is 0 Å². The maximum absolute atomic E-state index is 12.0. The van der Waals surface area contributed by atoms with Gasteiger partial charge in [-0.3, -0.25) is 9.59 Å². The predicted molar refractivity (Wildman–Crippen MR) is 106 cm³/mol. The van der Waals surface area contributed by atoms with E-state index in [1.54, 1.807) is 12.1 Å². The number of ether oxygens (including phenoxy) is 2. The topological polar surface area (TPSA) is 126 Å². The van der Waals surface area contributed by atoms with Crippen molar-refractivity contribution >= 4 is 22.8 Å². The largest absolute Gasteiger partial charge is 0.490 e. The van der Waals surface area contributed by atoms with E-state index in [0.29, 0.717) is 24.5 Å². The second-order valence-electron chi connectivity index (χ2n) is 6.40. The van der Waals surface area contributed by atoms with Gasteiger partial charge in [0.1, 0.15) is 13.1 Å². The first-order valence-electron chi connectivity index (χ1n) is 9.67. The van der Waals surface area contributed by atoms with Crippen LogP contribution in [-0.2, 0) is 20.9 Å². The Kier molecular flexibility index (Phi) is 6.89. The van der Waals surface area contributed by atoms with E-state index in [1.165, 1.54) is 0 Å². The monoisotopic (exact) mass is 417 g/mol. The Labute approximate surface area is 171 Å². The van der Waals surface area contributed by atoms with Crippen LogP contribution in [0, 0.1) is 0 Å². The molecular formula is C20H23N3O7. The quantitative estimate of drug-likeness (QED) is 0.393. The Morgan fingerprint density at radius 3 is 2.83 bits per heavy atom. The highest BCUT2D eigenvalue weighted by Crippen LogP contribution is 2.32. The molecule has 10 heteroatoms. The molecule has 0 unspecified atom stereocenters. The van der Waals surface area contributed by atoms with Gasteiger partial charge < -0.3 is 23.6 Å². The van der Waals surface area contributed by atoms with Gasteiger partial charge in [0.15, 0.2) is 17.1 Å². The number of aromatic nitrogens is 2. The van der Waals surface area contributed by atoms with E-state index >= 15 is 0 Å². The fourth-order valence-electron chi connectivity index (χ4n) is 2.66. The summed E-state index contributed by atoms with van der Waals surface area (Å²) >= 11 is 0. The maximum atomic E-state index is 12.0. The summed E-state index contributed by atoms with van der Waals surface area (Å²) in [6.45, 7) is 3.92. The lowest BCUT2D eigenvalue weighted by molar-refractivity contribution is -0.144. The van der Waals surface area contributed by atoms with Gasteiger partial charge in [0.05, 0.1) is 13.2 Å². The van der Waals surface area contributed by atoms with E-state index in [0.717, 1.165) is 22.9 Å². The van der Waals surface area contributed by atoms with E-state index < -0.39 is 24.2 Å². The van der Waals surface area contributed by atoms with Crippen LogP contribution in [0.3, 0.4) is 0 Å². The van der Waals surface area contributed by atoms with Crippen molar-refractivity contribution in [3.05, 3.63) is 34.8 Å². The summed E-state index contributed by atoms with van der Waals surface area (Å²) in [4.78, 5) is 35.6. The van der Waals surface area contributed by atoms with E-state index in [-0.39, 0.29) is 18.2 Å². The minimum absolute atomic E-state index is 0.0644. The normalized spacial score (nSPS) is 10.9. The van der Waals surface area contributed by atoms with Crippen LogP contribution in [0.2, 0.25) is 0 Å². The summed E-state index contributed by atoms with van der Waals surface area (Å²) in [5, 5.41) is 7.14. The number of carbonyl (C=O) groups excluding carboxylic acids is 2. The van der Waals surface area contributed by atoms with Crippen LogP contribution in [0.4, 0.5) is 0 Å². The zero-order valence-electron chi connectivity index (χ0n) is 16.8. The highest BCUT2D eigenvalue weighted by Gasteiger charge is 2.18. The lowest BCUT2D eigenvalue weighted by Crippen LogP contribution is -2.35. The number of para-hydroxylation sites is 1. The highest BCUT2D eigenvalue weighted by molar-refractivity contribution is 5.86. The number of benzene rings is 1. The van der Waals surface area contributed by atoms with Gasteiger partial charge in [0, 0.05) is 5.39 Å². The van der Waals surface area contributed by atoms with Crippen LogP contribution in [0.25, 0.3) is 22.6 Å². The maximum Gasteiger partial charge on any atom is 0.437 e. The van der Waals surface area contributed by atoms with E-state index in [1.807, 2.05) is 26.0 Å². The lowest BCUT2D eigenvalue weighted by atomic mass is 10.2. The second-order valence-corrected chi connectivity index (χ2v) is 6.40. The summed E-state index contributed by atoms with van der Waals surface area (Å²) < 4.78 is 22.2. The van der Waals surface area contributed by atoms with Crippen molar-refractivity contribution in [1.82, 2.24) is 15.1 Å². The molecule has 0 atom stereocenters. The number of esters is 1. The Balaban J connectivity index is 1.66. The molecule has 30 heavy (non-hydrogen) atoms. The molecule has 0 bridgehead atoms. The van der Waals surface area contributed by atoms with Crippen molar-refractivity contribution in [2.75, 3.05) is 19.8 Å². The second kappa shape index (κ2) is 9.77. The Bertz CT molecular complexity index is 1080. The summed E-state index contributed by atoms with van der Waals surface area (Å²) in [5.41, 5.74) is 0.505. The molecule has 160 valence electrons. The number of nitrogens with one attached hydrogen (secondary N) is 1. The molecule has 1 amide bonds. The SMILES string of the molecule is CCCCOC(=O)CNC(=O)Cn1nc(-c2cc3cccc(OCC)c3o2)oc1=O. The van der Waals surface area contributed by atoms with Crippen molar-refractivity contribution in [2.45, 2.75) is 33.2 Å². The van der Waals surface area contributed by atoms with Crippen LogP contribution >= 0.6 is 0 Å². The van der Waals surface area contributed by atoms with Crippen LogP contribution < -0.4 is 15.8 Å². The molecule has 1 N–H and O–H groups in total. The molecule has 0 aliphatic carbocycles. The average molecular weight is 417 g/mol. The van der Waals surface area contributed by atoms with Crippen LogP contribution in [0.1, 0.15) is 26.7 Å². The minimum atomic E-state index is -0.823. The summed E-state index contributed by atoms with van der Waals surface area (Å²) in [7, 11) is 0. The Morgan fingerprint density at radius 1 is 1.23 bits per heavy atom. The zero-order chi connectivity index (χ0) is 21.5. The number of rotatable bonds is 10. The van der Waals surface area contributed by atoms with Gasteiger partial charge in [-0.15, -0.1) is 5.10 Å². The molecule has 3 rings (SSSR count). The number of carbonyl (C=O) groups is 2. The molecule has 0 spiro atoms. The van der Waals surface area contributed by atoms with Crippen molar-refractivity contribution < 1.29 is 27.9 Å². The molecule has 0 saturated heterocycles. The first-order chi connectivity index (χ1) is 14.5. The average Bonchev–Trinajstić information content (AvgIpc) is 3.31. The Hall–Kier alpha value is -3.56. The number of unbranched alkanes of at least 4 members (excludes halogenated alkanes) is 1. The van der Waals surface area contributed by atoms with Gasteiger partial charge in [-0.25, -0.2) is 4.79 Å². The minimum Gasteiger partial charge on any atom is -0.490 e. The fourth-order valence-corrected chi connectivity index (χ4v) is 2.66. The predicted octanol–water partition coefficient (Wildman–Crippen LogP) is 2.11. The summed E-state index contributed by atoms with van der Waals surface area (Å²) in [5.74, 6) is -1.22. The van der Waals surface area contributed by atoms with E-state index in [2.05, 4.69) is 10.4 Å². The molecule has 10 nitrogen and oxygen atoms in total. The molecular weight excluding hydrogens is 394 g/mol. The molecule has 0 radical (unpaired) electrons. The fraction of sp³-hybridized carbons (Fsp3) is 0.400. The van der Waals surface area contributed by atoms with Gasteiger partial charge in [0.2, 0.25) is 5.91 Å². The van der Waals surface area contributed by atoms with E-state index in [4.69, 9.17) is 18.3 Å². The number of hydrogen-bond donors (Lipinski definition) is 1. The summed E-state index contributed by atoms with van der Waals surface area (Å²) in [6.07, 6.45) is 1.65. The number of fused-ring (bicyclic) bond motifs is 1. The molecule has 1 aromatic carbocycles. The zero-order valence-corrected chi connectivity index (χ0v) is 16.8. The van der Waals surface area contributed by atoms with Gasteiger partial charge >= 0.3 is 11.7 Å². The third-order valence-electron chi connectivity index (χ3n) is 4.11. The third-order valence-corrected chi connectivity index (χ3v) is 4.11. The standard InChI is InChI=1S/C20H23N3O7/c1-3-5-9-28-17(25)11-21-16(24)12-23-20(26)30-19(22-23)15-10-13-7-6-8-14(27-4-2)18(13)29-15/h6-8,10H,3-5,9,11-12H2,1-2H3,(H,21,24). The van der Waals surface area contributed by atoms with Crippen LogP contribution in [-0.4, -0.2) is 41.4 Å². The van der Waals surface area contributed by atoms with E-state index in [9.17, 15) is 14.4 Å². The highest BCUT2D eigenvalue weighted by atomic mass is 16.5. The first-order valence-corrected chi connectivity index (χ1v) is 9.67. The van der Waals surface area contributed by atoms with Gasteiger partial charge in [0.25, 0.3) is 5.89 Å². The Morgan fingerprint density at radius 2 is 2.07 bits per heavy atom. The van der Waals surface area contributed by atoms with Gasteiger partial charge in [-0.05, 0) is 25.5 Å². The molecule has 2 heterocycles. The molecule has 3 aromatic rings. The number of amides is 1. The molecule has 0 fully saturated rings. The molecule has 0 saturated carbocycles.